The summed E-state index contributed by atoms with van der Waals surface area (Å²) in [6.45, 7) is 6.73. The van der Waals surface area contributed by atoms with Gasteiger partial charge < -0.3 is 20.1 Å². The van der Waals surface area contributed by atoms with E-state index < -0.39 is 36.1 Å². The van der Waals surface area contributed by atoms with Crippen LogP contribution in [0.25, 0.3) is 0 Å². The monoisotopic (exact) mass is 550 g/mol. The number of carbonyl (C=O) groups is 1. The number of aromatic nitrogens is 2. The highest BCUT2D eigenvalue weighted by atomic mass is 19.3. The molecule has 0 bridgehead atoms. The van der Waals surface area contributed by atoms with Crippen molar-refractivity contribution in [3.05, 3.63) is 93.2 Å². The van der Waals surface area contributed by atoms with Crippen molar-refractivity contribution in [1.82, 2.24) is 20.2 Å². The van der Waals surface area contributed by atoms with Crippen LogP contribution >= 0.6 is 0 Å². The van der Waals surface area contributed by atoms with E-state index in [1.165, 1.54) is 5.56 Å². The lowest BCUT2D eigenvalue weighted by Crippen LogP contribution is -2.47. The quantitative estimate of drug-likeness (QED) is 0.372. The Morgan fingerprint density at radius 1 is 1.12 bits per heavy atom. The number of hydrogen-bond acceptors (Lipinski definition) is 6. The van der Waals surface area contributed by atoms with Crippen LogP contribution in [0, 0.1) is 11.8 Å². The molecule has 3 N–H and O–H groups in total. The first-order valence-corrected chi connectivity index (χ1v) is 13.0. The highest BCUT2D eigenvalue weighted by Crippen LogP contribution is 2.25. The van der Waals surface area contributed by atoms with Gasteiger partial charge in [-0.05, 0) is 55.7 Å². The summed E-state index contributed by atoms with van der Waals surface area (Å²) < 4.78 is 31.1. The van der Waals surface area contributed by atoms with Crippen LogP contribution in [-0.4, -0.2) is 64.1 Å². The van der Waals surface area contributed by atoms with E-state index in [0.717, 1.165) is 43.7 Å². The summed E-state index contributed by atoms with van der Waals surface area (Å²) in [6, 6.07) is 15.2. The second-order valence-corrected chi connectivity index (χ2v) is 10.3. The summed E-state index contributed by atoms with van der Waals surface area (Å²) in [4.78, 5) is 33.0. The fourth-order valence-electron chi connectivity index (χ4n) is 4.58. The Bertz CT molecular complexity index is 1430. The first-order valence-electron chi connectivity index (χ1n) is 13.0. The highest BCUT2D eigenvalue weighted by molar-refractivity contribution is 5.84. The third-order valence-corrected chi connectivity index (χ3v) is 6.54. The highest BCUT2D eigenvalue weighted by Gasteiger charge is 2.28. The number of amides is 1. The molecule has 1 amide bonds. The van der Waals surface area contributed by atoms with E-state index in [4.69, 9.17) is 4.74 Å². The number of halogens is 2. The first kappa shape index (κ1) is 28.9. The number of nitrogens with one attached hydrogen (secondary N) is 2. The maximum absolute atomic E-state index is 12.7. The van der Waals surface area contributed by atoms with Crippen molar-refractivity contribution in [2.45, 2.75) is 44.8 Å². The molecule has 0 spiro atoms. The summed E-state index contributed by atoms with van der Waals surface area (Å²) in [5.74, 6) is 3.65. The molecule has 8 nitrogen and oxygen atoms in total. The number of morpholine rings is 1. The maximum atomic E-state index is 12.7. The molecule has 1 saturated heterocycles. The van der Waals surface area contributed by atoms with E-state index in [1.54, 1.807) is 24.3 Å². The lowest BCUT2D eigenvalue weighted by atomic mass is 9.94. The summed E-state index contributed by atoms with van der Waals surface area (Å²) in [7, 11) is 0. The third kappa shape index (κ3) is 7.97. The van der Waals surface area contributed by atoms with E-state index >= 15 is 0 Å². The molecule has 0 radical (unpaired) electrons. The second-order valence-electron chi connectivity index (χ2n) is 10.3. The van der Waals surface area contributed by atoms with Crippen molar-refractivity contribution < 1.29 is 23.4 Å². The van der Waals surface area contributed by atoms with Gasteiger partial charge in [-0.15, -0.1) is 0 Å². The van der Waals surface area contributed by atoms with E-state index in [-0.39, 0.29) is 17.7 Å². The van der Waals surface area contributed by atoms with Crippen LogP contribution < -0.4 is 10.9 Å². The molecule has 0 saturated carbocycles. The van der Waals surface area contributed by atoms with Crippen LogP contribution in [0.15, 0.2) is 59.7 Å². The predicted octanol–water partition coefficient (Wildman–Crippen LogP) is 3.19. The van der Waals surface area contributed by atoms with Gasteiger partial charge in [0.2, 0.25) is 11.7 Å². The van der Waals surface area contributed by atoms with Crippen molar-refractivity contribution in [3.63, 3.8) is 0 Å². The van der Waals surface area contributed by atoms with E-state index in [9.17, 15) is 23.5 Å². The average Bonchev–Trinajstić information content (AvgIpc) is 2.92. The van der Waals surface area contributed by atoms with Crippen molar-refractivity contribution in [2.75, 3.05) is 26.2 Å². The van der Waals surface area contributed by atoms with Crippen LogP contribution in [0.5, 0.6) is 5.75 Å². The fourth-order valence-corrected chi connectivity index (χ4v) is 4.58. The molecular formula is C30H32F2N4O4. The number of rotatable bonds is 8. The topological polar surface area (TPSA) is 108 Å². The Kier molecular flexibility index (Phi) is 9.30. The van der Waals surface area contributed by atoms with E-state index in [2.05, 4.69) is 58.0 Å². The van der Waals surface area contributed by atoms with Gasteiger partial charge in [0.05, 0.1) is 31.0 Å². The van der Waals surface area contributed by atoms with Crippen molar-refractivity contribution in [2.24, 2.45) is 0 Å². The largest absolute Gasteiger partial charge is 0.502 e. The first-order chi connectivity index (χ1) is 19.1. The number of aromatic amines is 1. The number of hydrogen-bond donors (Lipinski definition) is 3. The minimum Gasteiger partial charge on any atom is -0.502 e. The number of aromatic hydroxyl groups is 1. The number of benzene rings is 2. The summed E-state index contributed by atoms with van der Waals surface area (Å²) in [6.07, 6.45) is -1.65. The van der Waals surface area contributed by atoms with Gasteiger partial charge in [-0.25, -0.2) is 13.8 Å². The van der Waals surface area contributed by atoms with Crippen LogP contribution in [0.2, 0.25) is 0 Å². The molecule has 10 heteroatoms. The zero-order chi connectivity index (χ0) is 28.7. The van der Waals surface area contributed by atoms with Crippen LogP contribution in [0.1, 0.15) is 47.7 Å². The van der Waals surface area contributed by atoms with E-state index in [1.807, 2.05) is 12.1 Å². The Morgan fingerprint density at radius 3 is 2.35 bits per heavy atom. The molecule has 3 aromatic rings. The standard InChI is InChI=1S/C30H32F2N4O4/c1-30(2)18-36(13-14-40-30)17-23-11-7-21(8-12-23)4-3-20-5-9-22(10-6-20)15-24(28(38)33-16-25(31)32)26-27(37)29(39)35-19-34-26/h5-12,19,24-25,37H,13-18H2,1-2H3,(H,33,38)(H,34,35,39). The van der Waals surface area contributed by atoms with Gasteiger partial charge in [-0.2, -0.15) is 0 Å². The van der Waals surface area contributed by atoms with Gasteiger partial charge >= 0.3 is 0 Å². The summed E-state index contributed by atoms with van der Waals surface area (Å²) in [5.41, 5.74) is 2.38. The van der Waals surface area contributed by atoms with Gasteiger partial charge in [-0.3, -0.25) is 14.5 Å². The molecule has 1 unspecified atom stereocenters. The molecule has 1 aliphatic rings. The van der Waals surface area contributed by atoms with Gasteiger partial charge in [-0.1, -0.05) is 36.1 Å². The smallest absolute Gasteiger partial charge is 0.293 e. The van der Waals surface area contributed by atoms with E-state index in [0.29, 0.717) is 5.56 Å². The van der Waals surface area contributed by atoms with Crippen LogP contribution in [0.3, 0.4) is 0 Å². The molecule has 1 fully saturated rings. The molecule has 4 rings (SSSR count). The zero-order valence-corrected chi connectivity index (χ0v) is 22.4. The molecule has 1 aliphatic heterocycles. The van der Waals surface area contributed by atoms with Crippen molar-refractivity contribution >= 4 is 5.91 Å². The molecule has 40 heavy (non-hydrogen) atoms. The number of H-pyrrole nitrogens is 1. The number of carbonyl (C=O) groups excluding carboxylic acids is 1. The van der Waals surface area contributed by atoms with Gasteiger partial charge in [0.1, 0.15) is 5.69 Å². The Hall–Kier alpha value is -4.07. The lowest BCUT2D eigenvalue weighted by molar-refractivity contribution is -0.123. The summed E-state index contributed by atoms with van der Waals surface area (Å²) in [5, 5.41) is 12.3. The average molecular weight is 551 g/mol. The Labute approximate surface area is 231 Å². The molecule has 2 heterocycles. The van der Waals surface area contributed by atoms with Gasteiger partial charge in [0, 0.05) is 30.8 Å². The van der Waals surface area contributed by atoms with Crippen molar-refractivity contribution in [3.8, 4) is 17.6 Å². The number of alkyl halides is 2. The molecule has 0 aliphatic carbocycles. The second kappa shape index (κ2) is 12.9. The van der Waals surface area contributed by atoms with Crippen LogP contribution in [-0.2, 0) is 22.5 Å². The Morgan fingerprint density at radius 2 is 1.75 bits per heavy atom. The molecule has 2 aromatic carbocycles. The molecule has 1 atom stereocenters. The lowest BCUT2D eigenvalue weighted by Gasteiger charge is -2.38. The SMILES string of the molecule is CC1(C)CN(Cc2ccc(C#Cc3ccc(CC(C(=O)NCC(F)F)c4nc[nH]c(=O)c4O)cc3)cc2)CCO1. The Balaban J connectivity index is 1.42. The zero-order valence-electron chi connectivity index (χ0n) is 22.4. The van der Waals surface area contributed by atoms with Gasteiger partial charge in [0.25, 0.3) is 12.0 Å². The summed E-state index contributed by atoms with van der Waals surface area (Å²) >= 11 is 0. The van der Waals surface area contributed by atoms with Gasteiger partial charge in [0.15, 0.2) is 0 Å². The van der Waals surface area contributed by atoms with Crippen LogP contribution in [0.4, 0.5) is 8.78 Å². The minimum absolute atomic E-state index is 0.0363. The molecule has 1 aromatic heterocycles. The predicted molar refractivity (Wildman–Crippen MR) is 146 cm³/mol. The number of ether oxygens (including phenoxy) is 1. The maximum Gasteiger partial charge on any atom is 0.293 e. The minimum atomic E-state index is -2.74. The van der Waals surface area contributed by atoms with Crippen molar-refractivity contribution in [1.29, 1.82) is 0 Å². The third-order valence-electron chi connectivity index (χ3n) is 6.54. The fraction of sp³-hybridized carbons (Fsp3) is 0.367. The number of nitrogens with zero attached hydrogens (tertiary/aromatic N) is 2. The normalized spacial score (nSPS) is 15.7. The molecule has 210 valence electrons. The molecular weight excluding hydrogens is 518 g/mol.